The summed E-state index contributed by atoms with van der Waals surface area (Å²) in [4.78, 5) is 4.62. The van der Waals surface area contributed by atoms with Crippen LogP contribution in [0.1, 0.15) is 6.92 Å². The first-order valence-electron chi connectivity index (χ1n) is 5.85. The van der Waals surface area contributed by atoms with Crippen LogP contribution in [0.4, 0.5) is 5.69 Å². The highest BCUT2D eigenvalue weighted by Crippen LogP contribution is 2.21. The molecule has 0 aliphatic carbocycles. The lowest BCUT2D eigenvalue weighted by Gasteiger charge is -2.44. The first-order valence-corrected chi connectivity index (χ1v) is 5.85. The van der Waals surface area contributed by atoms with Gasteiger partial charge in [-0.15, -0.1) is 0 Å². The highest BCUT2D eigenvalue weighted by atomic mass is 16.3. The largest absolute Gasteiger partial charge is 0.395 e. The molecule has 0 spiro atoms. The summed E-state index contributed by atoms with van der Waals surface area (Å²) in [7, 11) is 2.08. The van der Waals surface area contributed by atoms with Crippen LogP contribution in [0.15, 0.2) is 30.3 Å². The fourth-order valence-electron chi connectivity index (χ4n) is 2.39. The van der Waals surface area contributed by atoms with Gasteiger partial charge in [-0.2, -0.15) is 0 Å². The van der Waals surface area contributed by atoms with Gasteiger partial charge in [0.15, 0.2) is 0 Å². The van der Waals surface area contributed by atoms with Crippen molar-refractivity contribution in [2.45, 2.75) is 19.0 Å². The maximum absolute atomic E-state index is 9.34. The number of piperazine rings is 1. The number of hydrogen-bond acceptors (Lipinski definition) is 3. The van der Waals surface area contributed by atoms with E-state index < -0.39 is 0 Å². The van der Waals surface area contributed by atoms with Crippen LogP contribution in [0.2, 0.25) is 0 Å². The normalized spacial score (nSPS) is 27.1. The molecule has 3 nitrogen and oxygen atoms in total. The van der Waals surface area contributed by atoms with Crippen molar-refractivity contribution < 1.29 is 5.11 Å². The summed E-state index contributed by atoms with van der Waals surface area (Å²) in [5.41, 5.74) is 1.25. The second-order valence-corrected chi connectivity index (χ2v) is 4.61. The Morgan fingerprint density at radius 1 is 1.25 bits per heavy atom. The first-order chi connectivity index (χ1) is 7.72. The molecular weight excluding hydrogens is 200 g/mol. The third-order valence-electron chi connectivity index (χ3n) is 3.41. The van der Waals surface area contributed by atoms with E-state index in [0.717, 1.165) is 13.1 Å². The summed E-state index contributed by atoms with van der Waals surface area (Å²) in [6.07, 6.45) is 0. The highest BCUT2D eigenvalue weighted by Gasteiger charge is 2.28. The summed E-state index contributed by atoms with van der Waals surface area (Å²) < 4.78 is 0. The molecule has 1 aromatic rings. The van der Waals surface area contributed by atoms with Crippen molar-refractivity contribution in [2.24, 2.45) is 0 Å². The Morgan fingerprint density at radius 3 is 2.56 bits per heavy atom. The zero-order valence-electron chi connectivity index (χ0n) is 10.0. The van der Waals surface area contributed by atoms with E-state index in [2.05, 4.69) is 48.0 Å². The van der Waals surface area contributed by atoms with Gasteiger partial charge in [-0.1, -0.05) is 18.2 Å². The molecule has 88 valence electrons. The zero-order valence-corrected chi connectivity index (χ0v) is 10.0. The van der Waals surface area contributed by atoms with E-state index in [1.54, 1.807) is 0 Å². The third-order valence-corrected chi connectivity index (χ3v) is 3.41. The topological polar surface area (TPSA) is 26.7 Å². The second kappa shape index (κ2) is 4.85. The highest BCUT2D eigenvalue weighted by molar-refractivity contribution is 5.47. The van der Waals surface area contributed by atoms with Crippen LogP contribution < -0.4 is 4.90 Å². The molecule has 0 saturated carbocycles. The lowest BCUT2D eigenvalue weighted by atomic mass is 10.1. The van der Waals surface area contributed by atoms with Crippen molar-refractivity contribution in [1.82, 2.24) is 4.90 Å². The molecule has 16 heavy (non-hydrogen) atoms. The summed E-state index contributed by atoms with van der Waals surface area (Å²) in [5, 5.41) is 9.34. The molecule has 0 bridgehead atoms. The fourth-order valence-corrected chi connectivity index (χ4v) is 2.39. The smallest absolute Gasteiger partial charge is 0.0604 e. The Hall–Kier alpha value is -1.06. The number of para-hydroxylation sites is 1. The molecule has 0 aromatic heterocycles. The number of likely N-dealkylation sites (N-methyl/N-ethyl adjacent to an activating group) is 1. The van der Waals surface area contributed by atoms with Gasteiger partial charge in [0.25, 0.3) is 0 Å². The molecule has 0 radical (unpaired) electrons. The number of anilines is 1. The summed E-state index contributed by atoms with van der Waals surface area (Å²) in [5.74, 6) is 0. The number of rotatable bonds is 2. The van der Waals surface area contributed by atoms with E-state index in [-0.39, 0.29) is 12.6 Å². The zero-order chi connectivity index (χ0) is 11.5. The van der Waals surface area contributed by atoms with E-state index in [4.69, 9.17) is 0 Å². The monoisotopic (exact) mass is 220 g/mol. The van der Waals surface area contributed by atoms with E-state index in [1.165, 1.54) is 5.69 Å². The van der Waals surface area contributed by atoms with Crippen LogP contribution in [0.3, 0.4) is 0 Å². The minimum Gasteiger partial charge on any atom is -0.395 e. The molecule has 2 unspecified atom stereocenters. The lowest BCUT2D eigenvalue weighted by Crippen LogP contribution is -2.57. The van der Waals surface area contributed by atoms with E-state index >= 15 is 0 Å². The van der Waals surface area contributed by atoms with Crippen LogP contribution >= 0.6 is 0 Å². The van der Waals surface area contributed by atoms with Gasteiger partial charge in [0.1, 0.15) is 0 Å². The third kappa shape index (κ3) is 2.20. The molecule has 1 fully saturated rings. The summed E-state index contributed by atoms with van der Waals surface area (Å²) in [6.45, 7) is 4.36. The standard InChI is InChI=1S/C13H20N2O/c1-11-8-14(2)13(10-16)9-15(11)12-6-4-3-5-7-12/h3-7,11,13,16H,8-10H2,1-2H3. The van der Waals surface area contributed by atoms with E-state index in [0.29, 0.717) is 6.04 Å². The van der Waals surface area contributed by atoms with Crippen molar-refractivity contribution in [1.29, 1.82) is 0 Å². The van der Waals surface area contributed by atoms with Gasteiger partial charge in [0.2, 0.25) is 0 Å². The molecule has 1 aliphatic heterocycles. The lowest BCUT2D eigenvalue weighted by molar-refractivity contribution is 0.122. The molecule has 1 saturated heterocycles. The van der Waals surface area contributed by atoms with Crippen molar-refractivity contribution >= 4 is 5.69 Å². The van der Waals surface area contributed by atoms with Crippen LogP contribution in [0, 0.1) is 0 Å². The molecule has 2 rings (SSSR count). The van der Waals surface area contributed by atoms with Crippen molar-refractivity contribution in [3.63, 3.8) is 0 Å². The molecule has 1 aliphatic rings. The SMILES string of the molecule is CC1CN(C)C(CO)CN1c1ccccc1. The maximum Gasteiger partial charge on any atom is 0.0604 e. The fraction of sp³-hybridized carbons (Fsp3) is 0.538. The molecule has 1 N–H and O–H groups in total. The van der Waals surface area contributed by atoms with E-state index in [1.807, 2.05) is 6.07 Å². The number of nitrogens with zero attached hydrogens (tertiary/aromatic N) is 2. The Kier molecular flexibility index (Phi) is 3.46. The number of aliphatic hydroxyl groups is 1. The molecular formula is C13H20N2O. The number of hydrogen-bond donors (Lipinski definition) is 1. The molecule has 0 amide bonds. The average Bonchev–Trinajstić information content (AvgIpc) is 2.30. The Labute approximate surface area is 97.3 Å². The molecule has 2 atom stereocenters. The van der Waals surface area contributed by atoms with Crippen molar-refractivity contribution in [2.75, 3.05) is 31.6 Å². The quantitative estimate of drug-likeness (QED) is 0.811. The Bertz CT molecular complexity index is 328. The average molecular weight is 220 g/mol. The van der Waals surface area contributed by atoms with Crippen LogP contribution in [0.25, 0.3) is 0 Å². The summed E-state index contributed by atoms with van der Waals surface area (Å²) >= 11 is 0. The van der Waals surface area contributed by atoms with Crippen LogP contribution in [-0.2, 0) is 0 Å². The van der Waals surface area contributed by atoms with Gasteiger partial charge in [0, 0.05) is 24.8 Å². The molecule has 1 heterocycles. The van der Waals surface area contributed by atoms with Gasteiger partial charge in [-0.25, -0.2) is 0 Å². The van der Waals surface area contributed by atoms with Gasteiger partial charge >= 0.3 is 0 Å². The van der Waals surface area contributed by atoms with Crippen molar-refractivity contribution in [3.8, 4) is 0 Å². The second-order valence-electron chi connectivity index (χ2n) is 4.61. The van der Waals surface area contributed by atoms with Gasteiger partial charge in [-0.3, -0.25) is 4.90 Å². The Balaban J connectivity index is 2.15. The van der Waals surface area contributed by atoms with Gasteiger partial charge in [0.05, 0.1) is 12.6 Å². The molecule has 1 aromatic carbocycles. The van der Waals surface area contributed by atoms with Crippen LogP contribution in [0.5, 0.6) is 0 Å². The maximum atomic E-state index is 9.34. The summed E-state index contributed by atoms with van der Waals surface area (Å²) in [6, 6.07) is 11.2. The number of benzene rings is 1. The minimum atomic E-state index is 0.229. The minimum absolute atomic E-state index is 0.229. The van der Waals surface area contributed by atoms with E-state index in [9.17, 15) is 5.11 Å². The Morgan fingerprint density at radius 2 is 1.94 bits per heavy atom. The molecule has 3 heteroatoms. The van der Waals surface area contributed by atoms with Gasteiger partial charge in [-0.05, 0) is 26.1 Å². The predicted molar refractivity (Wildman–Crippen MR) is 66.8 cm³/mol. The van der Waals surface area contributed by atoms with Gasteiger partial charge < -0.3 is 10.0 Å². The first kappa shape index (κ1) is 11.4. The van der Waals surface area contributed by atoms with Crippen molar-refractivity contribution in [3.05, 3.63) is 30.3 Å². The van der Waals surface area contributed by atoms with Crippen LogP contribution in [-0.4, -0.2) is 48.8 Å². The predicted octanol–water partition coefficient (Wildman–Crippen LogP) is 1.19. The number of aliphatic hydroxyl groups excluding tert-OH is 1.